The first-order valence-corrected chi connectivity index (χ1v) is 6.20. The van der Waals surface area contributed by atoms with Crippen molar-refractivity contribution in [2.24, 2.45) is 11.8 Å². The van der Waals surface area contributed by atoms with Gasteiger partial charge in [-0.05, 0) is 37.6 Å². The molecule has 0 unspecified atom stereocenters. The van der Waals surface area contributed by atoms with Gasteiger partial charge < -0.3 is 10.0 Å². The quantitative estimate of drug-likeness (QED) is 0.773. The van der Waals surface area contributed by atoms with Crippen LogP contribution in [0, 0.1) is 11.8 Å². The molecule has 86 valence electrons. The van der Waals surface area contributed by atoms with Crippen LogP contribution >= 0.6 is 0 Å². The standard InChI is InChI=1S/C12H21NO2/c14-12(15)6-3-7-13-8-10-4-1-2-5-11(10)9-13/h10-11H,1-9H2,(H,14,15)/t10-,11-/m1/s1. The van der Waals surface area contributed by atoms with Crippen LogP contribution in [0.15, 0.2) is 0 Å². The van der Waals surface area contributed by atoms with Gasteiger partial charge in [0.05, 0.1) is 0 Å². The number of hydrogen-bond donors (Lipinski definition) is 1. The monoisotopic (exact) mass is 211 g/mol. The van der Waals surface area contributed by atoms with E-state index in [-0.39, 0.29) is 0 Å². The summed E-state index contributed by atoms with van der Waals surface area (Å²) in [5, 5.41) is 8.58. The van der Waals surface area contributed by atoms with Crippen molar-refractivity contribution in [1.82, 2.24) is 4.90 Å². The molecule has 1 N–H and O–H groups in total. The van der Waals surface area contributed by atoms with Gasteiger partial charge in [0.2, 0.25) is 0 Å². The molecule has 2 aliphatic rings. The highest BCUT2D eigenvalue weighted by Crippen LogP contribution is 2.35. The second kappa shape index (κ2) is 4.97. The first-order chi connectivity index (χ1) is 7.25. The number of likely N-dealkylation sites (tertiary alicyclic amines) is 1. The molecule has 0 bridgehead atoms. The predicted molar refractivity (Wildman–Crippen MR) is 58.8 cm³/mol. The van der Waals surface area contributed by atoms with Crippen molar-refractivity contribution >= 4 is 5.97 Å². The molecular formula is C12H21NO2. The molecule has 2 fully saturated rings. The first kappa shape index (κ1) is 10.9. The Labute approximate surface area is 91.5 Å². The summed E-state index contributed by atoms with van der Waals surface area (Å²) >= 11 is 0. The molecule has 15 heavy (non-hydrogen) atoms. The van der Waals surface area contributed by atoms with Crippen LogP contribution in [0.25, 0.3) is 0 Å². The highest BCUT2D eigenvalue weighted by Gasteiger charge is 2.33. The van der Waals surface area contributed by atoms with Crippen molar-refractivity contribution in [1.29, 1.82) is 0 Å². The summed E-state index contributed by atoms with van der Waals surface area (Å²) in [6.07, 6.45) is 6.76. The average Bonchev–Trinajstić information content (AvgIpc) is 2.59. The minimum Gasteiger partial charge on any atom is -0.481 e. The third kappa shape index (κ3) is 2.94. The Balaban J connectivity index is 1.69. The van der Waals surface area contributed by atoms with Crippen molar-refractivity contribution < 1.29 is 9.90 Å². The van der Waals surface area contributed by atoms with E-state index in [9.17, 15) is 4.79 Å². The Morgan fingerprint density at radius 2 is 1.80 bits per heavy atom. The molecule has 2 rings (SSSR count). The second-order valence-electron chi connectivity index (χ2n) is 5.06. The average molecular weight is 211 g/mol. The molecule has 1 saturated heterocycles. The maximum Gasteiger partial charge on any atom is 0.303 e. The number of carboxylic acid groups (broad SMARTS) is 1. The number of rotatable bonds is 4. The van der Waals surface area contributed by atoms with Crippen LogP contribution in [-0.4, -0.2) is 35.6 Å². The number of carboxylic acids is 1. The van der Waals surface area contributed by atoms with Gasteiger partial charge >= 0.3 is 5.97 Å². The Kier molecular flexibility index (Phi) is 3.62. The van der Waals surface area contributed by atoms with Crippen molar-refractivity contribution in [2.75, 3.05) is 19.6 Å². The summed E-state index contributed by atoms with van der Waals surface area (Å²) in [5.41, 5.74) is 0. The second-order valence-corrected chi connectivity index (χ2v) is 5.06. The molecule has 0 radical (unpaired) electrons. The number of nitrogens with zero attached hydrogens (tertiary/aromatic N) is 1. The molecule has 1 aliphatic carbocycles. The molecule has 0 spiro atoms. The topological polar surface area (TPSA) is 40.5 Å². The van der Waals surface area contributed by atoms with Gasteiger partial charge in [-0.15, -0.1) is 0 Å². The highest BCUT2D eigenvalue weighted by atomic mass is 16.4. The third-order valence-electron chi connectivity index (χ3n) is 3.92. The van der Waals surface area contributed by atoms with Gasteiger partial charge in [-0.3, -0.25) is 4.79 Å². The molecular weight excluding hydrogens is 190 g/mol. The van der Waals surface area contributed by atoms with E-state index in [0.717, 1.165) is 24.8 Å². The molecule has 3 heteroatoms. The normalized spacial score (nSPS) is 31.5. The van der Waals surface area contributed by atoms with E-state index in [2.05, 4.69) is 4.90 Å². The Bertz CT molecular complexity index is 216. The Morgan fingerprint density at radius 3 is 2.33 bits per heavy atom. The summed E-state index contributed by atoms with van der Waals surface area (Å²) in [7, 11) is 0. The molecule has 2 atom stereocenters. The summed E-state index contributed by atoms with van der Waals surface area (Å²) in [6, 6.07) is 0. The molecule has 1 heterocycles. The van der Waals surface area contributed by atoms with Crippen molar-refractivity contribution in [3.8, 4) is 0 Å². The molecule has 0 amide bonds. The van der Waals surface area contributed by atoms with Gasteiger partial charge in [0.1, 0.15) is 0 Å². The van der Waals surface area contributed by atoms with E-state index in [1.54, 1.807) is 0 Å². The maximum absolute atomic E-state index is 10.4. The van der Waals surface area contributed by atoms with E-state index >= 15 is 0 Å². The van der Waals surface area contributed by atoms with Gasteiger partial charge in [0, 0.05) is 19.5 Å². The number of carbonyl (C=O) groups is 1. The van der Waals surface area contributed by atoms with Crippen LogP contribution in [-0.2, 0) is 4.79 Å². The van der Waals surface area contributed by atoms with Gasteiger partial charge in [-0.1, -0.05) is 12.8 Å². The van der Waals surface area contributed by atoms with Gasteiger partial charge in [0.25, 0.3) is 0 Å². The van der Waals surface area contributed by atoms with E-state index < -0.39 is 5.97 Å². The lowest BCUT2D eigenvalue weighted by molar-refractivity contribution is -0.137. The molecule has 3 nitrogen and oxygen atoms in total. The lowest BCUT2D eigenvalue weighted by Crippen LogP contribution is -2.22. The molecule has 0 aromatic carbocycles. The first-order valence-electron chi connectivity index (χ1n) is 6.20. The fraction of sp³-hybridized carbons (Fsp3) is 0.917. The van der Waals surface area contributed by atoms with Crippen LogP contribution in [0.1, 0.15) is 38.5 Å². The van der Waals surface area contributed by atoms with E-state index in [1.165, 1.54) is 38.8 Å². The van der Waals surface area contributed by atoms with Gasteiger partial charge in [-0.25, -0.2) is 0 Å². The van der Waals surface area contributed by atoms with Crippen LogP contribution in [0.4, 0.5) is 0 Å². The van der Waals surface area contributed by atoms with Gasteiger partial charge in [0.15, 0.2) is 0 Å². The van der Waals surface area contributed by atoms with Crippen molar-refractivity contribution in [2.45, 2.75) is 38.5 Å². The van der Waals surface area contributed by atoms with Crippen LogP contribution in [0.2, 0.25) is 0 Å². The van der Waals surface area contributed by atoms with E-state index in [0.29, 0.717) is 6.42 Å². The summed E-state index contributed by atoms with van der Waals surface area (Å²) in [4.78, 5) is 12.9. The SMILES string of the molecule is O=C(O)CCCN1C[C@H]2CCCC[C@@H]2C1. The van der Waals surface area contributed by atoms with Gasteiger partial charge in [-0.2, -0.15) is 0 Å². The smallest absolute Gasteiger partial charge is 0.303 e. The minimum absolute atomic E-state index is 0.325. The predicted octanol–water partition coefficient (Wildman–Crippen LogP) is 1.97. The number of fused-ring (bicyclic) bond motifs is 1. The summed E-state index contributed by atoms with van der Waals surface area (Å²) in [6.45, 7) is 3.44. The molecule has 1 aliphatic heterocycles. The zero-order chi connectivity index (χ0) is 10.7. The molecule has 0 aromatic rings. The Morgan fingerprint density at radius 1 is 1.20 bits per heavy atom. The van der Waals surface area contributed by atoms with Crippen LogP contribution in [0.5, 0.6) is 0 Å². The zero-order valence-electron chi connectivity index (χ0n) is 9.32. The van der Waals surface area contributed by atoms with E-state index in [4.69, 9.17) is 5.11 Å². The fourth-order valence-corrected chi connectivity index (χ4v) is 3.14. The summed E-state index contributed by atoms with van der Waals surface area (Å²) < 4.78 is 0. The lowest BCUT2D eigenvalue weighted by atomic mass is 9.82. The lowest BCUT2D eigenvalue weighted by Gasteiger charge is -2.23. The van der Waals surface area contributed by atoms with Crippen LogP contribution in [0.3, 0.4) is 0 Å². The maximum atomic E-state index is 10.4. The Hall–Kier alpha value is -0.570. The largest absolute Gasteiger partial charge is 0.481 e. The third-order valence-corrected chi connectivity index (χ3v) is 3.92. The zero-order valence-corrected chi connectivity index (χ0v) is 9.32. The van der Waals surface area contributed by atoms with Crippen molar-refractivity contribution in [3.05, 3.63) is 0 Å². The van der Waals surface area contributed by atoms with Crippen LogP contribution < -0.4 is 0 Å². The highest BCUT2D eigenvalue weighted by molar-refractivity contribution is 5.66. The van der Waals surface area contributed by atoms with Crippen molar-refractivity contribution in [3.63, 3.8) is 0 Å². The minimum atomic E-state index is -0.661. The molecule has 1 saturated carbocycles. The molecule has 0 aromatic heterocycles. The fourth-order valence-electron chi connectivity index (χ4n) is 3.14. The van der Waals surface area contributed by atoms with E-state index in [1.807, 2.05) is 0 Å². The number of hydrogen-bond acceptors (Lipinski definition) is 2. The number of aliphatic carboxylic acids is 1. The summed E-state index contributed by atoms with van der Waals surface area (Å²) in [5.74, 6) is 1.18.